The van der Waals surface area contributed by atoms with Gasteiger partial charge in [-0.1, -0.05) is 5.21 Å². The average Bonchev–Trinajstić information content (AvgIpc) is 3.37. The van der Waals surface area contributed by atoms with E-state index in [-0.39, 0.29) is 23.3 Å². The van der Waals surface area contributed by atoms with Crippen molar-refractivity contribution < 1.29 is 14.0 Å². The molecule has 1 saturated carbocycles. The molecule has 0 bridgehead atoms. The van der Waals surface area contributed by atoms with Crippen LogP contribution in [-0.4, -0.2) is 62.8 Å². The molecular formula is C21H29N5O3. The van der Waals surface area contributed by atoms with Crippen LogP contribution in [0.5, 0.6) is 0 Å². The van der Waals surface area contributed by atoms with Gasteiger partial charge in [-0.25, -0.2) is 4.68 Å². The molecule has 2 fully saturated rings. The summed E-state index contributed by atoms with van der Waals surface area (Å²) in [6.07, 6.45) is 7.43. The number of carbonyl (C=O) groups is 2. The lowest BCUT2D eigenvalue weighted by Gasteiger charge is -2.53. The van der Waals surface area contributed by atoms with Gasteiger partial charge >= 0.3 is 0 Å². The van der Waals surface area contributed by atoms with Crippen LogP contribution in [0.4, 0.5) is 0 Å². The van der Waals surface area contributed by atoms with Gasteiger partial charge in [0, 0.05) is 26.2 Å². The Labute approximate surface area is 170 Å². The number of carbonyl (C=O) groups excluding carboxylic acids is 2. The minimum atomic E-state index is -0.0643. The molecule has 1 spiro atoms. The molecule has 2 amide bonds. The predicted molar refractivity (Wildman–Crippen MR) is 107 cm³/mol. The number of amides is 2. The van der Waals surface area contributed by atoms with Crippen LogP contribution in [0.15, 0.2) is 22.9 Å². The molecule has 1 atom stereocenters. The summed E-state index contributed by atoms with van der Waals surface area (Å²) in [6.45, 7) is 8.55. The molecule has 4 rings (SSSR count). The second kappa shape index (κ2) is 7.65. The van der Waals surface area contributed by atoms with Crippen molar-refractivity contribution in [2.75, 3.05) is 26.2 Å². The van der Waals surface area contributed by atoms with Crippen LogP contribution in [0.25, 0.3) is 0 Å². The number of nitrogens with zero attached hydrogens (tertiary/aromatic N) is 5. The Morgan fingerprint density at radius 3 is 2.52 bits per heavy atom. The minimum Gasteiger partial charge on any atom is -0.469 e. The molecule has 0 aromatic carbocycles. The Morgan fingerprint density at radius 1 is 1.24 bits per heavy atom. The van der Waals surface area contributed by atoms with Gasteiger partial charge in [-0.2, -0.15) is 0 Å². The minimum absolute atomic E-state index is 0.0508. The van der Waals surface area contributed by atoms with E-state index >= 15 is 0 Å². The first-order valence-electron chi connectivity index (χ1n) is 10.5. The number of aryl methyl sites for hydroxylation is 1. The maximum atomic E-state index is 12.7. The van der Waals surface area contributed by atoms with Crippen molar-refractivity contribution in [3.8, 4) is 0 Å². The van der Waals surface area contributed by atoms with Crippen molar-refractivity contribution in [1.29, 1.82) is 0 Å². The summed E-state index contributed by atoms with van der Waals surface area (Å²) in [6, 6.07) is 2.00. The summed E-state index contributed by atoms with van der Waals surface area (Å²) < 4.78 is 7.17. The van der Waals surface area contributed by atoms with E-state index in [1.54, 1.807) is 23.4 Å². The summed E-state index contributed by atoms with van der Waals surface area (Å²) in [5.41, 5.74) is 1.21. The van der Waals surface area contributed by atoms with Gasteiger partial charge in [-0.05, 0) is 57.9 Å². The molecule has 8 heteroatoms. The third kappa shape index (κ3) is 3.34. The number of rotatable bonds is 5. The lowest BCUT2D eigenvalue weighted by Crippen LogP contribution is -2.51. The molecule has 29 heavy (non-hydrogen) atoms. The van der Waals surface area contributed by atoms with Crippen LogP contribution in [-0.2, 0) is 0 Å². The lowest BCUT2D eigenvalue weighted by molar-refractivity contribution is -0.0268. The maximum Gasteiger partial charge on any atom is 0.276 e. The highest BCUT2D eigenvalue weighted by Crippen LogP contribution is 2.56. The molecular weight excluding hydrogens is 370 g/mol. The van der Waals surface area contributed by atoms with Gasteiger partial charge in [0.2, 0.25) is 0 Å². The van der Waals surface area contributed by atoms with Crippen molar-refractivity contribution in [2.24, 2.45) is 5.41 Å². The van der Waals surface area contributed by atoms with Crippen LogP contribution in [0.1, 0.15) is 72.2 Å². The molecule has 1 aliphatic heterocycles. The predicted octanol–water partition coefficient (Wildman–Crippen LogP) is 2.92. The van der Waals surface area contributed by atoms with Gasteiger partial charge in [-0.3, -0.25) is 9.59 Å². The van der Waals surface area contributed by atoms with Crippen molar-refractivity contribution >= 4 is 11.8 Å². The SMILES string of the molecule is CCN(CC)C(=O)c1cn(C2CCC23CCN(C(=O)c2ccoc2C)CC3)nn1. The summed E-state index contributed by atoms with van der Waals surface area (Å²) in [7, 11) is 0. The number of piperidine rings is 1. The molecule has 3 heterocycles. The largest absolute Gasteiger partial charge is 0.469 e. The fourth-order valence-corrected chi connectivity index (χ4v) is 4.81. The Bertz CT molecular complexity index is 890. The zero-order valence-corrected chi connectivity index (χ0v) is 17.4. The van der Waals surface area contributed by atoms with E-state index in [1.165, 1.54) is 0 Å². The van der Waals surface area contributed by atoms with E-state index in [4.69, 9.17) is 4.42 Å². The fourth-order valence-electron chi connectivity index (χ4n) is 4.81. The molecule has 1 saturated heterocycles. The second-order valence-corrected chi connectivity index (χ2v) is 8.16. The number of hydrogen-bond donors (Lipinski definition) is 0. The fraction of sp³-hybridized carbons (Fsp3) is 0.619. The van der Waals surface area contributed by atoms with Gasteiger partial charge in [0.25, 0.3) is 11.8 Å². The van der Waals surface area contributed by atoms with E-state index < -0.39 is 0 Å². The van der Waals surface area contributed by atoms with Gasteiger partial charge in [0.1, 0.15) is 5.76 Å². The second-order valence-electron chi connectivity index (χ2n) is 8.16. The summed E-state index contributed by atoms with van der Waals surface area (Å²) in [5.74, 6) is 0.658. The highest BCUT2D eigenvalue weighted by molar-refractivity contribution is 5.95. The van der Waals surface area contributed by atoms with Crippen molar-refractivity contribution in [3.05, 3.63) is 35.5 Å². The summed E-state index contributed by atoms with van der Waals surface area (Å²) >= 11 is 0. The summed E-state index contributed by atoms with van der Waals surface area (Å²) in [5, 5.41) is 8.44. The van der Waals surface area contributed by atoms with Gasteiger partial charge in [0.05, 0.1) is 24.1 Å². The zero-order chi connectivity index (χ0) is 20.6. The highest BCUT2D eigenvalue weighted by atomic mass is 16.3. The molecule has 1 aliphatic carbocycles. The molecule has 8 nitrogen and oxygen atoms in total. The monoisotopic (exact) mass is 399 g/mol. The van der Waals surface area contributed by atoms with E-state index in [9.17, 15) is 9.59 Å². The molecule has 1 unspecified atom stereocenters. The Hall–Kier alpha value is -2.64. The normalized spacial score (nSPS) is 20.5. The standard InChI is InChI=1S/C21H29N5O3/c1-4-24(5-2)20(28)17-14-26(23-22-17)18-6-8-21(18)9-11-25(12-10-21)19(27)16-7-13-29-15(16)3/h7,13-14,18H,4-6,8-12H2,1-3H3. The van der Waals surface area contributed by atoms with E-state index in [1.807, 2.05) is 30.4 Å². The van der Waals surface area contributed by atoms with Crippen molar-refractivity contribution in [2.45, 2.75) is 52.5 Å². The first kappa shape index (κ1) is 19.7. The Balaban J connectivity index is 1.42. The van der Waals surface area contributed by atoms with Gasteiger partial charge in [-0.15, -0.1) is 5.10 Å². The van der Waals surface area contributed by atoms with E-state index in [2.05, 4.69) is 10.3 Å². The zero-order valence-electron chi connectivity index (χ0n) is 17.4. The first-order valence-corrected chi connectivity index (χ1v) is 10.5. The lowest BCUT2D eigenvalue weighted by atomic mass is 9.59. The topological polar surface area (TPSA) is 84.5 Å². The van der Waals surface area contributed by atoms with Crippen molar-refractivity contribution in [3.63, 3.8) is 0 Å². The molecule has 2 aromatic rings. The van der Waals surface area contributed by atoms with Crippen LogP contribution in [0.3, 0.4) is 0 Å². The smallest absolute Gasteiger partial charge is 0.276 e. The quantitative estimate of drug-likeness (QED) is 0.772. The van der Waals surface area contributed by atoms with E-state index in [0.29, 0.717) is 30.1 Å². The summed E-state index contributed by atoms with van der Waals surface area (Å²) in [4.78, 5) is 29.0. The average molecular weight is 399 g/mol. The molecule has 2 aromatic heterocycles. The number of hydrogen-bond acceptors (Lipinski definition) is 5. The Kier molecular flexibility index (Phi) is 5.19. The molecule has 156 valence electrons. The maximum absolute atomic E-state index is 12.7. The highest BCUT2D eigenvalue weighted by Gasteiger charge is 2.50. The van der Waals surface area contributed by atoms with E-state index in [0.717, 1.165) is 38.8 Å². The van der Waals surface area contributed by atoms with Crippen LogP contribution in [0.2, 0.25) is 0 Å². The van der Waals surface area contributed by atoms with Crippen LogP contribution >= 0.6 is 0 Å². The third-order valence-electron chi connectivity index (χ3n) is 6.86. The molecule has 0 radical (unpaired) electrons. The number of likely N-dealkylation sites (tertiary alicyclic amines) is 1. The number of furan rings is 1. The Morgan fingerprint density at radius 2 is 1.97 bits per heavy atom. The third-order valence-corrected chi connectivity index (χ3v) is 6.86. The number of aromatic nitrogens is 3. The van der Waals surface area contributed by atoms with Gasteiger partial charge in [0.15, 0.2) is 5.69 Å². The van der Waals surface area contributed by atoms with Gasteiger partial charge < -0.3 is 14.2 Å². The first-order chi connectivity index (χ1) is 14.0. The molecule has 2 aliphatic rings. The van der Waals surface area contributed by atoms with Crippen LogP contribution < -0.4 is 0 Å². The van der Waals surface area contributed by atoms with Crippen LogP contribution in [0, 0.1) is 12.3 Å². The molecule has 0 N–H and O–H groups in total. The van der Waals surface area contributed by atoms with Crippen molar-refractivity contribution in [1.82, 2.24) is 24.8 Å².